The zero-order valence-electron chi connectivity index (χ0n) is 10.6. The molecule has 1 heterocycles. The number of rotatable bonds is 2. The molecule has 1 aliphatic heterocycles. The van der Waals surface area contributed by atoms with Crippen molar-refractivity contribution in [3.63, 3.8) is 0 Å². The number of hydrogen-bond acceptors (Lipinski definition) is 1. The molecule has 3 rings (SSSR count). The first-order valence-electron chi connectivity index (χ1n) is 6.43. The Bertz CT molecular complexity index is 597. The smallest absolute Gasteiger partial charge is 0.125 e. The molecule has 0 spiro atoms. The number of alkyl halides is 1. The van der Waals surface area contributed by atoms with Gasteiger partial charge in [-0.15, -0.1) is 11.6 Å². The molecule has 0 unspecified atom stereocenters. The number of halogens is 2. The van der Waals surface area contributed by atoms with Gasteiger partial charge in [0.2, 0.25) is 0 Å². The van der Waals surface area contributed by atoms with E-state index in [-0.39, 0.29) is 5.82 Å². The van der Waals surface area contributed by atoms with Crippen LogP contribution in [-0.2, 0) is 18.8 Å². The van der Waals surface area contributed by atoms with Crippen molar-refractivity contribution in [1.82, 2.24) is 0 Å². The highest BCUT2D eigenvalue weighted by Crippen LogP contribution is 2.26. The van der Waals surface area contributed by atoms with Crippen molar-refractivity contribution in [2.75, 3.05) is 11.4 Å². The molecule has 98 valence electrons. The highest BCUT2D eigenvalue weighted by Gasteiger charge is 2.16. The molecule has 0 saturated carbocycles. The Kier molecular flexibility index (Phi) is 3.43. The van der Waals surface area contributed by atoms with E-state index in [4.69, 9.17) is 11.6 Å². The Labute approximate surface area is 117 Å². The summed E-state index contributed by atoms with van der Waals surface area (Å²) in [5.41, 5.74) is 4.47. The maximum Gasteiger partial charge on any atom is 0.125 e. The van der Waals surface area contributed by atoms with Gasteiger partial charge in [0.25, 0.3) is 0 Å². The number of nitrogens with zero attached hydrogens (tertiary/aromatic N) is 1. The van der Waals surface area contributed by atoms with Gasteiger partial charge in [-0.05, 0) is 41.3 Å². The highest BCUT2D eigenvalue weighted by atomic mass is 35.5. The molecular formula is C16H15ClFN. The van der Waals surface area contributed by atoms with E-state index in [0.29, 0.717) is 5.88 Å². The minimum Gasteiger partial charge on any atom is -0.367 e. The van der Waals surface area contributed by atoms with E-state index in [1.807, 2.05) is 6.07 Å². The van der Waals surface area contributed by atoms with E-state index >= 15 is 0 Å². The summed E-state index contributed by atoms with van der Waals surface area (Å²) in [5.74, 6) is 0.127. The second kappa shape index (κ2) is 5.22. The lowest BCUT2D eigenvalue weighted by atomic mass is 9.99. The first-order chi connectivity index (χ1) is 9.26. The third-order valence-electron chi connectivity index (χ3n) is 3.59. The summed E-state index contributed by atoms with van der Waals surface area (Å²) in [6.45, 7) is 1.75. The van der Waals surface area contributed by atoms with Gasteiger partial charge in [-0.2, -0.15) is 0 Å². The average molecular weight is 276 g/mol. The zero-order chi connectivity index (χ0) is 13.2. The van der Waals surface area contributed by atoms with E-state index in [2.05, 4.69) is 29.2 Å². The largest absolute Gasteiger partial charge is 0.367 e. The maximum atomic E-state index is 13.6. The fraction of sp³-hybridized carbons (Fsp3) is 0.250. The molecule has 0 bridgehead atoms. The summed E-state index contributed by atoms with van der Waals surface area (Å²) in [7, 11) is 0. The summed E-state index contributed by atoms with van der Waals surface area (Å²) >= 11 is 5.81. The van der Waals surface area contributed by atoms with E-state index in [9.17, 15) is 4.39 Å². The Morgan fingerprint density at radius 2 is 1.89 bits per heavy atom. The van der Waals surface area contributed by atoms with Crippen LogP contribution in [0.25, 0.3) is 0 Å². The number of hydrogen-bond donors (Lipinski definition) is 0. The lowest BCUT2D eigenvalue weighted by molar-refractivity contribution is 0.623. The Morgan fingerprint density at radius 3 is 2.68 bits per heavy atom. The van der Waals surface area contributed by atoms with Crippen LogP contribution in [0.1, 0.15) is 16.7 Å². The van der Waals surface area contributed by atoms with Gasteiger partial charge in [-0.3, -0.25) is 0 Å². The first kappa shape index (κ1) is 12.5. The van der Waals surface area contributed by atoms with Gasteiger partial charge in [-0.25, -0.2) is 4.39 Å². The SMILES string of the molecule is Fc1cc(CCl)cc(N2CCc3ccccc3C2)c1. The molecule has 0 amide bonds. The monoisotopic (exact) mass is 275 g/mol. The van der Waals surface area contributed by atoms with Crippen molar-refractivity contribution in [2.24, 2.45) is 0 Å². The molecule has 0 saturated heterocycles. The summed E-state index contributed by atoms with van der Waals surface area (Å²) < 4.78 is 13.6. The predicted molar refractivity (Wildman–Crippen MR) is 77.2 cm³/mol. The lowest BCUT2D eigenvalue weighted by Gasteiger charge is -2.31. The predicted octanol–water partition coefficient (Wildman–Crippen LogP) is 4.13. The van der Waals surface area contributed by atoms with E-state index in [0.717, 1.165) is 30.8 Å². The van der Waals surface area contributed by atoms with Gasteiger partial charge < -0.3 is 4.90 Å². The van der Waals surface area contributed by atoms with Crippen LogP contribution >= 0.6 is 11.6 Å². The zero-order valence-corrected chi connectivity index (χ0v) is 11.3. The van der Waals surface area contributed by atoms with Crippen LogP contribution in [0.2, 0.25) is 0 Å². The lowest BCUT2D eigenvalue weighted by Crippen LogP contribution is -2.30. The molecule has 0 atom stereocenters. The molecule has 1 aliphatic rings. The van der Waals surface area contributed by atoms with Crippen molar-refractivity contribution in [1.29, 1.82) is 0 Å². The first-order valence-corrected chi connectivity index (χ1v) is 6.97. The molecule has 3 heteroatoms. The topological polar surface area (TPSA) is 3.24 Å². The second-order valence-corrected chi connectivity index (χ2v) is 5.16. The van der Waals surface area contributed by atoms with Gasteiger partial charge in [0, 0.05) is 24.7 Å². The summed E-state index contributed by atoms with van der Waals surface area (Å²) in [6, 6.07) is 13.5. The van der Waals surface area contributed by atoms with Crippen LogP contribution in [0, 0.1) is 5.82 Å². The van der Waals surface area contributed by atoms with E-state index < -0.39 is 0 Å². The summed E-state index contributed by atoms with van der Waals surface area (Å²) in [4.78, 5) is 2.21. The van der Waals surface area contributed by atoms with Crippen LogP contribution in [0.3, 0.4) is 0 Å². The Balaban J connectivity index is 1.90. The second-order valence-electron chi connectivity index (χ2n) is 4.89. The van der Waals surface area contributed by atoms with Gasteiger partial charge in [0.15, 0.2) is 0 Å². The molecule has 19 heavy (non-hydrogen) atoms. The minimum atomic E-state index is -0.216. The van der Waals surface area contributed by atoms with Gasteiger partial charge in [0.05, 0.1) is 0 Å². The molecule has 2 aromatic carbocycles. The molecular weight excluding hydrogens is 261 g/mol. The third kappa shape index (κ3) is 2.59. The average Bonchev–Trinajstić information content (AvgIpc) is 2.46. The van der Waals surface area contributed by atoms with Crippen LogP contribution in [-0.4, -0.2) is 6.54 Å². The van der Waals surface area contributed by atoms with Crippen molar-refractivity contribution in [3.05, 3.63) is 65.0 Å². The quantitative estimate of drug-likeness (QED) is 0.745. The number of fused-ring (bicyclic) bond motifs is 1. The molecule has 0 fully saturated rings. The molecule has 2 aromatic rings. The highest BCUT2D eigenvalue weighted by molar-refractivity contribution is 6.17. The van der Waals surface area contributed by atoms with Crippen molar-refractivity contribution < 1.29 is 4.39 Å². The Morgan fingerprint density at radius 1 is 1.11 bits per heavy atom. The van der Waals surface area contributed by atoms with Gasteiger partial charge in [0.1, 0.15) is 5.82 Å². The van der Waals surface area contributed by atoms with Gasteiger partial charge in [-0.1, -0.05) is 24.3 Å². The number of anilines is 1. The van der Waals surface area contributed by atoms with Crippen molar-refractivity contribution in [3.8, 4) is 0 Å². The van der Waals surface area contributed by atoms with Gasteiger partial charge >= 0.3 is 0 Å². The molecule has 0 radical (unpaired) electrons. The van der Waals surface area contributed by atoms with Crippen LogP contribution in [0.15, 0.2) is 42.5 Å². The van der Waals surface area contributed by atoms with Crippen LogP contribution in [0.5, 0.6) is 0 Å². The molecule has 0 N–H and O–H groups in total. The van der Waals surface area contributed by atoms with E-state index in [1.165, 1.54) is 17.2 Å². The summed E-state index contributed by atoms with van der Waals surface area (Å²) in [5, 5.41) is 0. The fourth-order valence-electron chi connectivity index (χ4n) is 2.61. The Hall–Kier alpha value is -1.54. The summed E-state index contributed by atoms with van der Waals surface area (Å²) in [6.07, 6.45) is 1.00. The van der Waals surface area contributed by atoms with Crippen LogP contribution in [0.4, 0.5) is 10.1 Å². The van der Waals surface area contributed by atoms with Crippen molar-refractivity contribution >= 4 is 17.3 Å². The maximum absolute atomic E-state index is 13.6. The molecule has 0 aromatic heterocycles. The van der Waals surface area contributed by atoms with Crippen LogP contribution < -0.4 is 4.90 Å². The third-order valence-corrected chi connectivity index (χ3v) is 3.90. The molecule has 0 aliphatic carbocycles. The minimum absolute atomic E-state index is 0.216. The van der Waals surface area contributed by atoms with E-state index in [1.54, 1.807) is 6.07 Å². The van der Waals surface area contributed by atoms with Crippen molar-refractivity contribution in [2.45, 2.75) is 18.8 Å². The molecule has 1 nitrogen and oxygen atoms in total. The normalized spacial score (nSPS) is 14.3. The fourth-order valence-corrected chi connectivity index (χ4v) is 2.76. The standard InChI is InChI=1S/C16H15ClFN/c17-10-12-7-15(18)9-16(8-12)19-6-5-13-3-1-2-4-14(13)11-19/h1-4,7-9H,5-6,10-11H2. The number of benzene rings is 2.